The molecule has 0 spiro atoms. The molecule has 2 unspecified atom stereocenters. The summed E-state index contributed by atoms with van der Waals surface area (Å²) in [4.78, 5) is 6.88. The summed E-state index contributed by atoms with van der Waals surface area (Å²) in [5.41, 5.74) is 0. The number of methoxy groups -OCH3 is 1. The van der Waals surface area contributed by atoms with Crippen LogP contribution in [-0.4, -0.2) is 30.1 Å². The summed E-state index contributed by atoms with van der Waals surface area (Å²) in [6.45, 7) is 3.14. The topological polar surface area (TPSA) is 25.4 Å². The molecule has 2 rings (SSSR count). The van der Waals surface area contributed by atoms with Gasteiger partial charge in [0.1, 0.15) is 11.6 Å². The number of hydrogen-bond acceptors (Lipinski definition) is 3. The van der Waals surface area contributed by atoms with E-state index in [0.29, 0.717) is 6.04 Å². The molecule has 1 aliphatic rings. The van der Waals surface area contributed by atoms with Gasteiger partial charge in [-0.2, -0.15) is 0 Å². The highest BCUT2D eigenvalue weighted by atomic mass is 35.5. The van der Waals surface area contributed by atoms with E-state index in [4.69, 9.17) is 16.3 Å². The Labute approximate surface area is 114 Å². The highest BCUT2D eigenvalue weighted by Gasteiger charge is 2.24. The third-order valence-corrected chi connectivity index (χ3v) is 3.65. The molecule has 0 saturated carbocycles. The number of piperidine rings is 1. The summed E-state index contributed by atoms with van der Waals surface area (Å²) in [6, 6.07) is 4.53. The predicted octanol–water partition coefficient (Wildman–Crippen LogP) is 3.47. The Morgan fingerprint density at radius 3 is 2.94 bits per heavy atom. The van der Waals surface area contributed by atoms with Gasteiger partial charge in [-0.05, 0) is 44.7 Å². The zero-order valence-electron chi connectivity index (χ0n) is 11.1. The number of ether oxygens (including phenoxy) is 1. The van der Waals surface area contributed by atoms with E-state index in [0.717, 1.165) is 24.5 Å². The molecule has 1 aliphatic heterocycles. The summed E-state index contributed by atoms with van der Waals surface area (Å²) in [6.07, 6.45) is 6.55. The minimum atomic E-state index is 0.217. The first-order chi connectivity index (χ1) is 8.70. The number of nitrogens with zero attached hydrogens (tertiary/aromatic N) is 2. The van der Waals surface area contributed by atoms with Crippen molar-refractivity contribution in [2.75, 3.05) is 18.6 Å². The summed E-state index contributed by atoms with van der Waals surface area (Å²) in [7, 11) is 1.66. The van der Waals surface area contributed by atoms with Gasteiger partial charge in [0.15, 0.2) is 0 Å². The lowest BCUT2D eigenvalue weighted by atomic mass is 9.98. The van der Waals surface area contributed by atoms with Crippen LogP contribution in [0.3, 0.4) is 0 Å². The Morgan fingerprint density at radius 2 is 2.33 bits per heavy atom. The van der Waals surface area contributed by atoms with Crippen LogP contribution in [0.1, 0.15) is 32.6 Å². The van der Waals surface area contributed by atoms with E-state index < -0.39 is 0 Å². The smallest absolute Gasteiger partial charge is 0.137 e. The Balaban J connectivity index is 2.11. The van der Waals surface area contributed by atoms with Gasteiger partial charge in [-0.15, -0.1) is 11.6 Å². The first-order valence-corrected chi connectivity index (χ1v) is 7.05. The molecule has 3 nitrogen and oxygen atoms in total. The summed E-state index contributed by atoms with van der Waals surface area (Å²) < 4.78 is 5.15. The third-order valence-electron chi connectivity index (χ3n) is 3.47. The summed E-state index contributed by atoms with van der Waals surface area (Å²) in [5.74, 6) is 1.84. The third kappa shape index (κ3) is 3.29. The molecular weight excluding hydrogens is 248 g/mol. The molecule has 4 heteroatoms. The summed E-state index contributed by atoms with van der Waals surface area (Å²) >= 11 is 6.14. The van der Waals surface area contributed by atoms with Crippen molar-refractivity contribution >= 4 is 17.4 Å². The highest BCUT2D eigenvalue weighted by Crippen LogP contribution is 2.27. The zero-order chi connectivity index (χ0) is 13.0. The van der Waals surface area contributed by atoms with Gasteiger partial charge in [-0.3, -0.25) is 0 Å². The minimum Gasteiger partial charge on any atom is -0.495 e. The standard InChI is InChI=1S/C14H21ClN2O/c1-11(15)9-12-5-3-4-8-17(12)14-7-6-13(18-2)10-16-14/h6-7,10-12H,3-5,8-9H2,1-2H3. The molecular formula is C14H21ClN2O. The van der Waals surface area contributed by atoms with Crippen LogP contribution in [0.5, 0.6) is 5.75 Å². The largest absolute Gasteiger partial charge is 0.495 e. The van der Waals surface area contributed by atoms with Crippen molar-refractivity contribution in [3.63, 3.8) is 0 Å². The first kappa shape index (κ1) is 13.5. The molecule has 0 radical (unpaired) electrons. The van der Waals surface area contributed by atoms with E-state index >= 15 is 0 Å². The van der Waals surface area contributed by atoms with Crippen LogP contribution in [0.15, 0.2) is 18.3 Å². The van der Waals surface area contributed by atoms with Crippen LogP contribution in [-0.2, 0) is 0 Å². The second-order valence-corrected chi connectivity index (χ2v) is 5.66. The van der Waals surface area contributed by atoms with E-state index in [-0.39, 0.29) is 5.38 Å². The van der Waals surface area contributed by atoms with Crippen LogP contribution < -0.4 is 9.64 Å². The van der Waals surface area contributed by atoms with Gasteiger partial charge in [0.2, 0.25) is 0 Å². The molecule has 100 valence electrons. The lowest BCUT2D eigenvalue weighted by Crippen LogP contribution is -2.41. The number of halogens is 1. The molecule has 1 saturated heterocycles. The second-order valence-electron chi connectivity index (χ2n) is 4.92. The molecule has 0 aromatic carbocycles. The van der Waals surface area contributed by atoms with Crippen molar-refractivity contribution in [2.24, 2.45) is 0 Å². The van der Waals surface area contributed by atoms with E-state index in [1.165, 1.54) is 19.3 Å². The number of anilines is 1. The molecule has 0 N–H and O–H groups in total. The normalized spacial score (nSPS) is 21.7. The molecule has 1 fully saturated rings. The molecule has 2 heterocycles. The number of rotatable bonds is 4. The van der Waals surface area contributed by atoms with Crippen LogP contribution >= 0.6 is 11.6 Å². The molecule has 1 aromatic rings. The fourth-order valence-electron chi connectivity index (χ4n) is 2.59. The van der Waals surface area contributed by atoms with Crippen molar-refractivity contribution in [3.8, 4) is 5.75 Å². The van der Waals surface area contributed by atoms with E-state index in [9.17, 15) is 0 Å². The molecule has 0 aliphatic carbocycles. The van der Waals surface area contributed by atoms with Gasteiger partial charge in [0, 0.05) is 18.0 Å². The van der Waals surface area contributed by atoms with Gasteiger partial charge in [-0.25, -0.2) is 4.98 Å². The van der Waals surface area contributed by atoms with Gasteiger partial charge in [0.05, 0.1) is 13.3 Å². The van der Waals surface area contributed by atoms with Crippen LogP contribution in [0.2, 0.25) is 0 Å². The van der Waals surface area contributed by atoms with Crippen LogP contribution in [0, 0.1) is 0 Å². The Morgan fingerprint density at radius 1 is 1.50 bits per heavy atom. The van der Waals surface area contributed by atoms with Gasteiger partial charge in [0.25, 0.3) is 0 Å². The van der Waals surface area contributed by atoms with E-state index in [1.807, 2.05) is 12.1 Å². The molecule has 2 atom stereocenters. The van der Waals surface area contributed by atoms with Gasteiger partial charge in [-0.1, -0.05) is 0 Å². The SMILES string of the molecule is COc1ccc(N2CCCCC2CC(C)Cl)nc1. The van der Waals surface area contributed by atoms with E-state index in [2.05, 4.69) is 16.8 Å². The van der Waals surface area contributed by atoms with Crippen molar-refractivity contribution < 1.29 is 4.74 Å². The lowest BCUT2D eigenvalue weighted by Gasteiger charge is -2.37. The Kier molecular flexibility index (Phi) is 4.70. The second kappa shape index (κ2) is 6.28. The lowest BCUT2D eigenvalue weighted by molar-refractivity contribution is 0.411. The van der Waals surface area contributed by atoms with Crippen LogP contribution in [0.4, 0.5) is 5.82 Å². The average Bonchev–Trinajstić information content (AvgIpc) is 2.39. The van der Waals surface area contributed by atoms with E-state index in [1.54, 1.807) is 13.3 Å². The molecule has 0 bridgehead atoms. The maximum Gasteiger partial charge on any atom is 0.137 e. The van der Waals surface area contributed by atoms with Crippen molar-refractivity contribution in [1.82, 2.24) is 4.98 Å². The van der Waals surface area contributed by atoms with Crippen molar-refractivity contribution in [1.29, 1.82) is 0 Å². The molecule has 1 aromatic heterocycles. The summed E-state index contributed by atoms with van der Waals surface area (Å²) in [5, 5.41) is 0.217. The van der Waals surface area contributed by atoms with Crippen molar-refractivity contribution in [2.45, 2.75) is 44.0 Å². The van der Waals surface area contributed by atoms with Crippen LogP contribution in [0.25, 0.3) is 0 Å². The fourth-order valence-corrected chi connectivity index (χ4v) is 2.79. The molecule has 18 heavy (non-hydrogen) atoms. The van der Waals surface area contributed by atoms with Gasteiger partial charge >= 0.3 is 0 Å². The Bertz CT molecular complexity index is 367. The zero-order valence-corrected chi connectivity index (χ0v) is 11.9. The number of hydrogen-bond donors (Lipinski definition) is 0. The van der Waals surface area contributed by atoms with Crippen molar-refractivity contribution in [3.05, 3.63) is 18.3 Å². The van der Waals surface area contributed by atoms with Gasteiger partial charge < -0.3 is 9.64 Å². The monoisotopic (exact) mass is 268 g/mol. The number of aromatic nitrogens is 1. The fraction of sp³-hybridized carbons (Fsp3) is 0.643. The average molecular weight is 269 g/mol. The number of alkyl halides is 1. The Hall–Kier alpha value is -0.960. The maximum absolute atomic E-state index is 6.14. The minimum absolute atomic E-state index is 0.217. The molecule has 0 amide bonds. The maximum atomic E-state index is 6.14. The predicted molar refractivity (Wildman–Crippen MR) is 75.7 cm³/mol. The highest BCUT2D eigenvalue weighted by molar-refractivity contribution is 6.20. The first-order valence-electron chi connectivity index (χ1n) is 6.61. The number of pyridine rings is 1. The quantitative estimate of drug-likeness (QED) is 0.782.